The van der Waals surface area contributed by atoms with Gasteiger partial charge in [0.2, 0.25) is 0 Å². The molecule has 0 saturated heterocycles. The third-order valence-electron chi connectivity index (χ3n) is 2.00. The molecule has 0 spiro atoms. The maximum atomic E-state index is 5.78. The molecule has 66 valence electrons. The van der Waals surface area contributed by atoms with Crippen molar-refractivity contribution in [2.45, 2.75) is 26.7 Å². The highest BCUT2D eigenvalue weighted by Gasteiger charge is 2.09. The Labute approximate surface area is 82.1 Å². The zero-order valence-corrected chi connectivity index (χ0v) is 9.27. The lowest BCUT2D eigenvalue weighted by molar-refractivity contribution is 0.851. The van der Waals surface area contributed by atoms with Crippen LogP contribution in [0.5, 0.6) is 0 Å². The van der Waals surface area contributed by atoms with Crippen molar-refractivity contribution in [1.29, 1.82) is 0 Å². The Morgan fingerprint density at radius 3 is 2.33 bits per heavy atom. The minimum atomic E-state index is 0.517. The number of benzene rings is 1. The van der Waals surface area contributed by atoms with Crippen LogP contribution < -0.4 is 5.73 Å². The van der Waals surface area contributed by atoms with E-state index < -0.39 is 0 Å². The second-order valence-corrected chi connectivity index (χ2v) is 4.15. The first-order valence-electron chi connectivity index (χ1n) is 4.08. The molecular formula is C10H14BrN. The minimum absolute atomic E-state index is 0.517. The van der Waals surface area contributed by atoms with Crippen LogP contribution in [-0.4, -0.2) is 0 Å². The minimum Gasteiger partial charge on any atom is -0.398 e. The van der Waals surface area contributed by atoms with E-state index in [1.165, 1.54) is 11.1 Å². The summed E-state index contributed by atoms with van der Waals surface area (Å²) in [7, 11) is 0. The monoisotopic (exact) mass is 227 g/mol. The van der Waals surface area contributed by atoms with Crippen LogP contribution >= 0.6 is 15.9 Å². The van der Waals surface area contributed by atoms with E-state index in [1.54, 1.807) is 0 Å². The van der Waals surface area contributed by atoms with Crippen LogP contribution in [-0.2, 0) is 0 Å². The molecule has 0 unspecified atom stereocenters. The number of nitrogens with two attached hydrogens (primary N) is 1. The average molecular weight is 228 g/mol. The zero-order valence-electron chi connectivity index (χ0n) is 7.69. The summed E-state index contributed by atoms with van der Waals surface area (Å²) in [5.41, 5.74) is 9.22. The molecule has 0 saturated carbocycles. The molecule has 1 aromatic carbocycles. The molecule has 0 amide bonds. The van der Waals surface area contributed by atoms with Gasteiger partial charge < -0.3 is 5.73 Å². The molecule has 1 aromatic rings. The Balaban J connectivity index is 3.33. The summed E-state index contributed by atoms with van der Waals surface area (Å²) in [5, 5.41) is 0. The summed E-state index contributed by atoms with van der Waals surface area (Å²) >= 11 is 3.51. The van der Waals surface area contributed by atoms with E-state index in [2.05, 4.69) is 42.8 Å². The van der Waals surface area contributed by atoms with Crippen molar-refractivity contribution in [1.82, 2.24) is 0 Å². The van der Waals surface area contributed by atoms with Crippen molar-refractivity contribution in [2.75, 3.05) is 5.73 Å². The predicted octanol–water partition coefficient (Wildman–Crippen LogP) is 3.46. The SMILES string of the molecule is Cc1ccc(N)c(Br)c1C(C)C. The molecule has 1 rings (SSSR count). The van der Waals surface area contributed by atoms with Gasteiger partial charge in [0.05, 0.1) is 0 Å². The van der Waals surface area contributed by atoms with Gasteiger partial charge in [0.25, 0.3) is 0 Å². The number of halogens is 1. The molecule has 1 nitrogen and oxygen atoms in total. The summed E-state index contributed by atoms with van der Waals surface area (Å²) in [6.45, 7) is 6.46. The van der Waals surface area contributed by atoms with Gasteiger partial charge in [0, 0.05) is 10.2 Å². The third-order valence-corrected chi connectivity index (χ3v) is 2.89. The fourth-order valence-corrected chi connectivity index (χ4v) is 2.32. The Morgan fingerprint density at radius 1 is 1.33 bits per heavy atom. The maximum Gasteiger partial charge on any atom is 0.0461 e. The van der Waals surface area contributed by atoms with Crippen molar-refractivity contribution < 1.29 is 0 Å². The van der Waals surface area contributed by atoms with Gasteiger partial charge in [-0.15, -0.1) is 0 Å². The molecule has 0 aliphatic rings. The van der Waals surface area contributed by atoms with Gasteiger partial charge >= 0.3 is 0 Å². The maximum absolute atomic E-state index is 5.78. The standard InChI is InChI=1S/C10H14BrN/c1-6(2)9-7(3)4-5-8(12)10(9)11/h4-6H,12H2,1-3H3. The van der Waals surface area contributed by atoms with Gasteiger partial charge in [0.15, 0.2) is 0 Å². The molecule has 2 heteroatoms. The highest BCUT2D eigenvalue weighted by molar-refractivity contribution is 9.10. The lowest BCUT2D eigenvalue weighted by atomic mass is 9.97. The van der Waals surface area contributed by atoms with Gasteiger partial charge in [-0.1, -0.05) is 19.9 Å². The molecule has 0 radical (unpaired) electrons. The van der Waals surface area contributed by atoms with Gasteiger partial charge in [-0.05, 0) is 46.0 Å². The summed E-state index contributed by atoms with van der Waals surface area (Å²) in [4.78, 5) is 0. The Bertz CT molecular complexity index is 292. The zero-order chi connectivity index (χ0) is 9.30. The molecule has 0 aliphatic carbocycles. The second-order valence-electron chi connectivity index (χ2n) is 3.35. The van der Waals surface area contributed by atoms with E-state index in [0.717, 1.165) is 10.2 Å². The van der Waals surface area contributed by atoms with Crippen LogP contribution in [0.15, 0.2) is 16.6 Å². The Kier molecular flexibility index (Phi) is 2.78. The van der Waals surface area contributed by atoms with Crippen LogP contribution in [0.25, 0.3) is 0 Å². The van der Waals surface area contributed by atoms with E-state index in [4.69, 9.17) is 5.73 Å². The Hall–Kier alpha value is -0.500. The molecule has 12 heavy (non-hydrogen) atoms. The fourth-order valence-electron chi connectivity index (χ4n) is 1.42. The molecule has 0 atom stereocenters. The lowest BCUT2D eigenvalue weighted by Crippen LogP contribution is -1.97. The smallest absolute Gasteiger partial charge is 0.0461 e. The van der Waals surface area contributed by atoms with Crippen molar-refractivity contribution in [3.8, 4) is 0 Å². The fraction of sp³-hybridized carbons (Fsp3) is 0.400. The second kappa shape index (κ2) is 3.48. The first-order valence-corrected chi connectivity index (χ1v) is 4.87. The van der Waals surface area contributed by atoms with E-state index in [-0.39, 0.29) is 0 Å². The van der Waals surface area contributed by atoms with E-state index in [9.17, 15) is 0 Å². The highest BCUT2D eigenvalue weighted by Crippen LogP contribution is 2.32. The van der Waals surface area contributed by atoms with Crippen molar-refractivity contribution in [3.63, 3.8) is 0 Å². The molecule has 0 bridgehead atoms. The number of hydrogen-bond acceptors (Lipinski definition) is 1. The molecule has 0 fully saturated rings. The predicted molar refractivity (Wildman–Crippen MR) is 57.4 cm³/mol. The number of aryl methyl sites for hydroxylation is 1. The van der Waals surface area contributed by atoms with Crippen LogP contribution in [0.1, 0.15) is 30.9 Å². The van der Waals surface area contributed by atoms with Crippen LogP contribution in [0.3, 0.4) is 0 Å². The largest absolute Gasteiger partial charge is 0.398 e. The molecular weight excluding hydrogens is 214 g/mol. The van der Waals surface area contributed by atoms with Gasteiger partial charge in [-0.25, -0.2) is 0 Å². The normalized spacial score (nSPS) is 10.8. The quantitative estimate of drug-likeness (QED) is 0.732. The first kappa shape index (κ1) is 9.59. The average Bonchev–Trinajstić information content (AvgIpc) is 1.97. The molecule has 2 N–H and O–H groups in total. The van der Waals surface area contributed by atoms with Crippen LogP contribution in [0.4, 0.5) is 5.69 Å². The van der Waals surface area contributed by atoms with Crippen molar-refractivity contribution in [2.24, 2.45) is 0 Å². The van der Waals surface area contributed by atoms with Crippen molar-refractivity contribution in [3.05, 3.63) is 27.7 Å². The topological polar surface area (TPSA) is 26.0 Å². The van der Waals surface area contributed by atoms with E-state index >= 15 is 0 Å². The van der Waals surface area contributed by atoms with Gasteiger partial charge in [-0.3, -0.25) is 0 Å². The third kappa shape index (κ3) is 1.63. The van der Waals surface area contributed by atoms with Crippen LogP contribution in [0.2, 0.25) is 0 Å². The molecule has 0 aliphatic heterocycles. The van der Waals surface area contributed by atoms with E-state index in [1.807, 2.05) is 6.07 Å². The Morgan fingerprint density at radius 2 is 1.92 bits per heavy atom. The van der Waals surface area contributed by atoms with Gasteiger partial charge in [-0.2, -0.15) is 0 Å². The van der Waals surface area contributed by atoms with Crippen LogP contribution in [0, 0.1) is 6.92 Å². The van der Waals surface area contributed by atoms with Gasteiger partial charge in [0.1, 0.15) is 0 Å². The lowest BCUT2D eigenvalue weighted by Gasteiger charge is -2.13. The number of nitrogen functional groups attached to an aromatic ring is 1. The summed E-state index contributed by atoms with van der Waals surface area (Å²) < 4.78 is 1.05. The number of rotatable bonds is 1. The summed E-state index contributed by atoms with van der Waals surface area (Å²) in [6.07, 6.45) is 0. The highest BCUT2D eigenvalue weighted by atomic mass is 79.9. The molecule has 0 aromatic heterocycles. The number of hydrogen-bond donors (Lipinski definition) is 1. The summed E-state index contributed by atoms with van der Waals surface area (Å²) in [5.74, 6) is 0.517. The number of anilines is 1. The van der Waals surface area contributed by atoms with Crippen molar-refractivity contribution >= 4 is 21.6 Å². The van der Waals surface area contributed by atoms with E-state index in [0.29, 0.717) is 5.92 Å². The summed E-state index contributed by atoms with van der Waals surface area (Å²) in [6, 6.07) is 4.00. The first-order chi connectivity index (χ1) is 5.54. The molecule has 0 heterocycles.